The van der Waals surface area contributed by atoms with Crippen LogP contribution >= 0.6 is 0 Å². The predicted octanol–water partition coefficient (Wildman–Crippen LogP) is 4.18. The predicted molar refractivity (Wildman–Crippen MR) is 116 cm³/mol. The molecule has 1 fully saturated rings. The molecule has 0 radical (unpaired) electrons. The van der Waals surface area contributed by atoms with Gasteiger partial charge in [-0.1, -0.05) is 0 Å². The number of anilines is 1. The molecule has 1 amide bonds. The van der Waals surface area contributed by atoms with Crippen LogP contribution in [0.1, 0.15) is 32.0 Å². The summed E-state index contributed by atoms with van der Waals surface area (Å²) in [5.41, 5.74) is 0.533. The second kappa shape index (κ2) is 8.20. The molecule has 8 nitrogen and oxygen atoms in total. The molecular formula is C22H25F3N6O2. The summed E-state index contributed by atoms with van der Waals surface area (Å²) in [5.74, 6) is -0.158. The average Bonchev–Trinajstić information content (AvgIpc) is 3.11. The van der Waals surface area contributed by atoms with Gasteiger partial charge in [0.1, 0.15) is 11.4 Å². The number of hydrogen-bond donors (Lipinski definition) is 0. The highest BCUT2D eigenvalue weighted by Crippen LogP contribution is 2.38. The lowest BCUT2D eigenvalue weighted by Gasteiger charge is -2.37. The van der Waals surface area contributed by atoms with Crippen LogP contribution in [0.15, 0.2) is 30.9 Å². The molecule has 4 rings (SSSR count). The van der Waals surface area contributed by atoms with E-state index in [2.05, 4.69) is 15.0 Å². The molecule has 0 aromatic carbocycles. The first kappa shape index (κ1) is 22.8. The Morgan fingerprint density at radius 1 is 1.03 bits per heavy atom. The zero-order valence-corrected chi connectivity index (χ0v) is 18.8. The van der Waals surface area contributed by atoms with Crippen LogP contribution in [0.2, 0.25) is 0 Å². The number of amides is 1. The zero-order valence-electron chi connectivity index (χ0n) is 18.8. The maximum absolute atomic E-state index is 14.0. The van der Waals surface area contributed by atoms with Gasteiger partial charge < -0.3 is 18.9 Å². The second-order valence-electron chi connectivity index (χ2n) is 8.97. The van der Waals surface area contributed by atoms with Crippen molar-refractivity contribution in [2.75, 3.05) is 31.1 Å². The molecule has 0 N–H and O–H groups in total. The highest BCUT2D eigenvalue weighted by Gasteiger charge is 2.37. The van der Waals surface area contributed by atoms with Crippen molar-refractivity contribution < 1.29 is 22.7 Å². The number of nitrogens with zero attached hydrogens (tertiary/aromatic N) is 6. The van der Waals surface area contributed by atoms with Crippen molar-refractivity contribution in [2.24, 2.45) is 0 Å². The summed E-state index contributed by atoms with van der Waals surface area (Å²) in [7, 11) is 0. The Morgan fingerprint density at radius 2 is 1.73 bits per heavy atom. The third kappa shape index (κ3) is 5.01. The van der Waals surface area contributed by atoms with Gasteiger partial charge in [0.05, 0.1) is 23.1 Å². The second-order valence-corrected chi connectivity index (χ2v) is 8.97. The fourth-order valence-electron chi connectivity index (χ4n) is 3.66. The largest absolute Gasteiger partial charge is 0.444 e. The van der Waals surface area contributed by atoms with E-state index in [0.717, 1.165) is 11.8 Å². The molecule has 1 aliphatic rings. The van der Waals surface area contributed by atoms with Crippen LogP contribution in [0.25, 0.3) is 16.9 Å². The average molecular weight is 462 g/mol. The summed E-state index contributed by atoms with van der Waals surface area (Å²) in [6, 6.07) is 1.07. The van der Waals surface area contributed by atoms with Crippen LogP contribution in [0.4, 0.5) is 23.8 Å². The molecule has 0 saturated carbocycles. The van der Waals surface area contributed by atoms with Gasteiger partial charge in [0.2, 0.25) is 0 Å². The fraction of sp³-hybridized carbons (Fsp3) is 0.455. The third-order valence-corrected chi connectivity index (χ3v) is 5.16. The Kier molecular flexibility index (Phi) is 5.67. The van der Waals surface area contributed by atoms with Gasteiger partial charge in [-0.2, -0.15) is 13.2 Å². The molecule has 176 valence electrons. The van der Waals surface area contributed by atoms with E-state index in [1.165, 1.54) is 17.3 Å². The number of carbonyl (C=O) groups excluding carboxylic acids is 1. The fourth-order valence-corrected chi connectivity index (χ4v) is 3.66. The molecule has 3 aromatic heterocycles. The number of ether oxygens (including phenoxy) is 1. The van der Waals surface area contributed by atoms with Crippen LogP contribution in [0.5, 0.6) is 0 Å². The van der Waals surface area contributed by atoms with Crippen molar-refractivity contribution in [3.8, 4) is 11.3 Å². The van der Waals surface area contributed by atoms with E-state index >= 15 is 0 Å². The normalized spacial score (nSPS) is 15.2. The number of aromatic nitrogens is 4. The molecule has 11 heteroatoms. The maximum Gasteiger partial charge on any atom is 0.419 e. The minimum absolute atomic E-state index is 0.158. The van der Waals surface area contributed by atoms with Crippen molar-refractivity contribution in [3.05, 3.63) is 42.1 Å². The van der Waals surface area contributed by atoms with E-state index in [1.807, 2.05) is 6.92 Å². The molecular weight excluding hydrogens is 437 g/mol. The van der Waals surface area contributed by atoms with Gasteiger partial charge in [0.15, 0.2) is 5.65 Å². The lowest BCUT2D eigenvalue weighted by atomic mass is 10.1. The number of carbonyl (C=O) groups is 1. The number of fused-ring (bicyclic) bond motifs is 1. The maximum atomic E-state index is 14.0. The van der Waals surface area contributed by atoms with Crippen molar-refractivity contribution in [2.45, 2.75) is 39.5 Å². The Labute approximate surface area is 189 Å². The Balaban J connectivity index is 1.58. The molecule has 0 aliphatic carbocycles. The van der Waals surface area contributed by atoms with Gasteiger partial charge in [0, 0.05) is 50.3 Å². The van der Waals surface area contributed by atoms with Gasteiger partial charge in [-0.05, 0) is 33.8 Å². The molecule has 0 unspecified atom stereocenters. The number of halogens is 3. The highest BCUT2D eigenvalue weighted by molar-refractivity contribution is 5.69. The molecule has 3 aromatic rings. The van der Waals surface area contributed by atoms with Crippen LogP contribution in [0.3, 0.4) is 0 Å². The lowest BCUT2D eigenvalue weighted by molar-refractivity contribution is -0.137. The monoisotopic (exact) mass is 462 g/mol. The molecule has 1 aliphatic heterocycles. The molecule has 0 bridgehead atoms. The smallest absolute Gasteiger partial charge is 0.419 e. The number of alkyl halides is 3. The molecule has 4 heterocycles. The first-order valence-corrected chi connectivity index (χ1v) is 10.5. The quantitative estimate of drug-likeness (QED) is 0.569. The first-order valence-electron chi connectivity index (χ1n) is 10.5. The summed E-state index contributed by atoms with van der Waals surface area (Å²) in [6.45, 7) is 8.05. The van der Waals surface area contributed by atoms with Crippen LogP contribution in [-0.2, 0) is 10.9 Å². The van der Waals surface area contributed by atoms with Gasteiger partial charge in [0.25, 0.3) is 0 Å². The summed E-state index contributed by atoms with van der Waals surface area (Å²) < 4.78 is 48.9. The molecule has 0 atom stereocenters. The minimum Gasteiger partial charge on any atom is -0.444 e. The van der Waals surface area contributed by atoms with E-state index in [-0.39, 0.29) is 37.6 Å². The summed E-state index contributed by atoms with van der Waals surface area (Å²) in [4.78, 5) is 28.0. The standard InChI is InChI=1S/C22H25F3N6O2/c1-14-12-31-13-17(26-11-18(31)28-14)15-9-16(22(23,24)25)19(27-10-15)29-5-7-30(8-6-29)20(32)33-21(2,3)4/h9-13H,5-8H2,1-4H3. The van der Waals surface area contributed by atoms with E-state index in [9.17, 15) is 18.0 Å². The number of imidazole rings is 1. The van der Waals surface area contributed by atoms with E-state index in [0.29, 0.717) is 11.3 Å². The van der Waals surface area contributed by atoms with Crippen LogP contribution in [-0.4, -0.2) is 62.1 Å². The van der Waals surface area contributed by atoms with Gasteiger partial charge in [-0.3, -0.25) is 4.98 Å². The van der Waals surface area contributed by atoms with Crippen molar-refractivity contribution in [1.29, 1.82) is 0 Å². The summed E-state index contributed by atoms with van der Waals surface area (Å²) in [5, 5.41) is 0. The third-order valence-electron chi connectivity index (χ3n) is 5.16. The summed E-state index contributed by atoms with van der Waals surface area (Å²) in [6.07, 6.45) is 1.24. The topological polar surface area (TPSA) is 75.9 Å². The lowest BCUT2D eigenvalue weighted by Crippen LogP contribution is -2.50. The zero-order chi connectivity index (χ0) is 24.0. The van der Waals surface area contributed by atoms with E-state index < -0.39 is 23.4 Å². The Hall–Kier alpha value is -3.37. The van der Waals surface area contributed by atoms with Crippen molar-refractivity contribution >= 4 is 17.6 Å². The van der Waals surface area contributed by atoms with Gasteiger partial charge in [-0.25, -0.2) is 14.8 Å². The number of rotatable bonds is 2. The highest BCUT2D eigenvalue weighted by atomic mass is 19.4. The van der Waals surface area contributed by atoms with Gasteiger partial charge in [-0.15, -0.1) is 0 Å². The number of aryl methyl sites for hydroxylation is 1. The molecule has 0 spiro atoms. The molecule has 33 heavy (non-hydrogen) atoms. The van der Waals surface area contributed by atoms with Crippen LogP contribution < -0.4 is 4.90 Å². The Bertz CT molecular complexity index is 1180. The SMILES string of the molecule is Cc1cn2cc(-c3cnc(N4CCN(C(=O)OC(C)(C)C)CC4)c(C(F)(F)F)c3)ncc2n1. The first-order chi connectivity index (χ1) is 15.4. The molecule has 1 saturated heterocycles. The van der Waals surface area contributed by atoms with E-state index in [1.54, 1.807) is 42.5 Å². The number of hydrogen-bond acceptors (Lipinski definition) is 6. The number of pyridine rings is 1. The van der Waals surface area contributed by atoms with Gasteiger partial charge >= 0.3 is 12.3 Å². The minimum atomic E-state index is -4.60. The number of piperazine rings is 1. The van der Waals surface area contributed by atoms with E-state index in [4.69, 9.17) is 4.74 Å². The van der Waals surface area contributed by atoms with Crippen LogP contribution in [0, 0.1) is 6.92 Å². The van der Waals surface area contributed by atoms with Crippen molar-refractivity contribution in [3.63, 3.8) is 0 Å². The Morgan fingerprint density at radius 3 is 2.36 bits per heavy atom. The van der Waals surface area contributed by atoms with Crippen molar-refractivity contribution in [1.82, 2.24) is 24.3 Å². The summed E-state index contributed by atoms with van der Waals surface area (Å²) >= 11 is 0.